The van der Waals surface area contributed by atoms with Gasteiger partial charge in [-0.1, -0.05) is 234 Å². The molecule has 0 unspecified atom stereocenters. The van der Waals surface area contributed by atoms with E-state index in [1.165, 1.54) is 128 Å². The Balaban J connectivity index is 4.35. The van der Waals surface area contributed by atoms with Crippen molar-refractivity contribution in [3.8, 4) is 0 Å². The summed E-state index contributed by atoms with van der Waals surface area (Å²) in [6.45, 7) is 6.46. The molecule has 0 amide bonds. The van der Waals surface area contributed by atoms with Crippen LogP contribution in [-0.4, -0.2) is 37.2 Å². The molecule has 6 heteroatoms. The smallest absolute Gasteiger partial charge is 0.306 e. The molecular formula is C63H108O6. The van der Waals surface area contributed by atoms with Gasteiger partial charge >= 0.3 is 17.9 Å². The van der Waals surface area contributed by atoms with E-state index in [1.54, 1.807) is 0 Å². The van der Waals surface area contributed by atoms with Gasteiger partial charge in [0.15, 0.2) is 6.10 Å². The number of ether oxygens (including phenoxy) is 3. The minimum Gasteiger partial charge on any atom is -0.462 e. The molecule has 0 aromatic carbocycles. The predicted molar refractivity (Wildman–Crippen MR) is 297 cm³/mol. The van der Waals surface area contributed by atoms with Crippen LogP contribution in [-0.2, 0) is 28.6 Å². The van der Waals surface area contributed by atoms with Crippen LogP contribution in [0.4, 0.5) is 0 Å². The number of hydrogen-bond acceptors (Lipinski definition) is 6. The standard InChI is InChI=1S/C63H108O6/c1-4-7-10-13-16-19-22-24-26-28-30-31-33-35-37-39-42-44-47-50-53-56-62(65)68-59-60(69-63(66)57-54-51-48-45-40-21-18-15-12-9-6-3)58-67-61(64)55-52-49-46-43-41-38-36-34-32-29-27-25-23-20-17-14-11-8-5-2/h8,11,15,17-18,20,24-27,32,34,38,41,60H,4-7,9-10,12-14,16,19,21-23,28-31,33,35-37,39-40,42-59H2,1-3H3/b11-8-,18-15-,20-17-,26-24-,27-25-,34-32-,41-38-/t60-/m1/s1. The maximum atomic E-state index is 12.8. The van der Waals surface area contributed by atoms with Gasteiger partial charge in [-0.05, 0) is 109 Å². The Morgan fingerprint density at radius 3 is 0.957 bits per heavy atom. The van der Waals surface area contributed by atoms with Gasteiger partial charge in [-0.3, -0.25) is 14.4 Å². The van der Waals surface area contributed by atoms with E-state index in [0.717, 1.165) is 109 Å². The molecule has 0 aromatic heterocycles. The SMILES string of the molecule is CC/C=C\C/C=C\C/C=C\C/C=C\C/C=C\CCCCCC(=O)OC[C@H](COC(=O)CCCCCCCCCCCCC/C=C\CCCCCCCC)OC(=O)CCCCCCC/C=C\CCCC. The van der Waals surface area contributed by atoms with E-state index in [0.29, 0.717) is 19.3 Å². The Bertz CT molecular complexity index is 1330. The molecular weight excluding hydrogens is 853 g/mol. The molecule has 0 heterocycles. The van der Waals surface area contributed by atoms with Crippen LogP contribution in [0, 0.1) is 0 Å². The quantitative estimate of drug-likeness (QED) is 0.0262. The summed E-state index contributed by atoms with van der Waals surface area (Å²) in [7, 11) is 0. The first-order valence-corrected chi connectivity index (χ1v) is 29.1. The van der Waals surface area contributed by atoms with Gasteiger partial charge < -0.3 is 14.2 Å². The summed E-state index contributed by atoms with van der Waals surface area (Å²) in [5.74, 6) is -0.930. The van der Waals surface area contributed by atoms with Crippen LogP contribution in [0.1, 0.15) is 278 Å². The van der Waals surface area contributed by atoms with Gasteiger partial charge in [0.2, 0.25) is 0 Å². The van der Waals surface area contributed by atoms with Crippen molar-refractivity contribution in [3.05, 3.63) is 85.1 Å². The molecule has 396 valence electrons. The van der Waals surface area contributed by atoms with E-state index in [9.17, 15) is 14.4 Å². The number of allylic oxidation sites excluding steroid dienone is 14. The van der Waals surface area contributed by atoms with Gasteiger partial charge in [-0.15, -0.1) is 0 Å². The molecule has 0 aliphatic rings. The number of carbonyl (C=O) groups is 3. The summed E-state index contributed by atoms with van der Waals surface area (Å²) < 4.78 is 16.8. The third-order valence-corrected chi connectivity index (χ3v) is 12.4. The fourth-order valence-corrected chi connectivity index (χ4v) is 7.97. The van der Waals surface area contributed by atoms with Gasteiger partial charge in [0.25, 0.3) is 0 Å². The molecule has 0 bridgehead atoms. The number of esters is 3. The number of rotatable bonds is 52. The highest BCUT2D eigenvalue weighted by Crippen LogP contribution is 2.15. The lowest BCUT2D eigenvalue weighted by molar-refractivity contribution is -0.167. The minimum atomic E-state index is -0.795. The highest BCUT2D eigenvalue weighted by Gasteiger charge is 2.19. The summed E-state index contributed by atoms with van der Waals surface area (Å²) in [6.07, 6.45) is 74.4. The molecule has 1 atom stereocenters. The van der Waals surface area contributed by atoms with E-state index in [-0.39, 0.29) is 31.1 Å². The molecule has 0 aromatic rings. The van der Waals surface area contributed by atoms with E-state index >= 15 is 0 Å². The van der Waals surface area contributed by atoms with Gasteiger partial charge in [-0.2, -0.15) is 0 Å². The predicted octanol–water partition coefficient (Wildman–Crippen LogP) is 19.5. The van der Waals surface area contributed by atoms with Gasteiger partial charge in [0.05, 0.1) is 0 Å². The van der Waals surface area contributed by atoms with Crippen molar-refractivity contribution in [2.45, 2.75) is 284 Å². The Morgan fingerprint density at radius 1 is 0.304 bits per heavy atom. The summed E-state index contributed by atoms with van der Waals surface area (Å²) in [4.78, 5) is 38.1. The van der Waals surface area contributed by atoms with Crippen molar-refractivity contribution in [2.75, 3.05) is 13.2 Å². The lowest BCUT2D eigenvalue weighted by Gasteiger charge is -2.18. The third-order valence-electron chi connectivity index (χ3n) is 12.4. The summed E-state index contributed by atoms with van der Waals surface area (Å²) >= 11 is 0. The van der Waals surface area contributed by atoms with Gasteiger partial charge in [0.1, 0.15) is 13.2 Å². The van der Waals surface area contributed by atoms with Crippen molar-refractivity contribution >= 4 is 17.9 Å². The highest BCUT2D eigenvalue weighted by atomic mass is 16.6. The molecule has 0 saturated carbocycles. The van der Waals surface area contributed by atoms with Crippen molar-refractivity contribution < 1.29 is 28.6 Å². The van der Waals surface area contributed by atoms with Crippen LogP contribution in [0.25, 0.3) is 0 Å². The zero-order valence-corrected chi connectivity index (χ0v) is 45.3. The number of hydrogen-bond donors (Lipinski definition) is 0. The Kier molecular flexibility index (Phi) is 54.3. The van der Waals surface area contributed by atoms with Crippen LogP contribution in [0.5, 0.6) is 0 Å². The fourth-order valence-electron chi connectivity index (χ4n) is 7.97. The molecule has 0 aliphatic heterocycles. The number of unbranched alkanes of at least 4 members (excludes halogenated alkanes) is 27. The molecule has 0 fully saturated rings. The van der Waals surface area contributed by atoms with Crippen LogP contribution in [0.2, 0.25) is 0 Å². The molecule has 6 nitrogen and oxygen atoms in total. The van der Waals surface area contributed by atoms with E-state index in [1.807, 2.05) is 0 Å². The number of carbonyl (C=O) groups excluding carboxylic acids is 3. The largest absolute Gasteiger partial charge is 0.462 e. The van der Waals surface area contributed by atoms with E-state index < -0.39 is 6.10 Å². The lowest BCUT2D eigenvalue weighted by Crippen LogP contribution is -2.30. The maximum Gasteiger partial charge on any atom is 0.306 e. The van der Waals surface area contributed by atoms with Crippen LogP contribution >= 0.6 is 0 Å². The zero-order valence-electron chi connectivity index (χ0n) is 45.3. The molecule has 0 saturated heterocycles. The van der Waals surface area contributed by atoms with Crippen molar-refractivity contribution in [1.29, 1.82) is 0 Å². The van der Waals surface area contributed by atoms with Gasteiger partial charge in [-0.25, -0.2) is 0 Å². The highest BCUT2D eigenvalue weighted by molar-refractivity contribution is 5.71. The van der Waals surface area contributed by atoms with Crippen molar-refractivity contribution in [2.24, 2.45) is 0 Å². The second-order valence-corrected chi connectivity index (χ2v) is 19.2. The fraction of sp³-hybridized carbons (Fsp3) is 0.730. The monoisotopic (exact) mass is 961 g/mol. The van der Waals surface area contributed by atoms with Gasteiger partial charge in [0, 0.05) is 19.3 Å². The van der Waals surface area contributed by atoms with Crippen molar-refractivity contribution in [3.63, 3.8) is 0 Å². The molecule has 69 heavy (non-hydrogen) atoms. The first-order chi connectivity index (χ1) is 34.0. The topological polar surface area (TPSA) is 78.9 Å². The van der Waals surface area contributed by atoms with Crippen LogP contribution < -0.4 is 0 Å². The molecule has 0 rings (SSSR count). The van der Waals surface area contributed by atoms with E-state index in [2.05, 4.69) is 106 Å². The van der Waals surface area contributed by atoms with Crippen molar-refractivity contribution in [1.82, 2.24) is 0 Å². The third kappa shape index (κ3) is 55.4. The summed E-state index contributed by atoms with van der Waals surface area (Å²) in [5, 5.41) is 0. The summed E-state index contributed by atoms with van der Waals surface area (Å²) in [5.41, 5.74) is 0. The normalized spacial score (nSPS) is 12.7. The molecule has 0 N–H and O–H groups in total. The Labute approximate surface area is 426 Å². The van der Waals surface area contributed by atoms with E-state index in [4.69, 9.17) is 14.2 Å². The lowest BCUT2D eigenvalue weighted by atomic mass is 10.0. The molecule has 0 aliphatic carbocycles. The van der Waals surface area contributed by atoms with Crippen LogP contribution in [0.15, 0.2) is 85.1 Å². The molecule has 0 spiro atoms. The maximum absolute atomic E-state index is 12.8. The minimum absolute atomic E-state index is 0.0904. The second-order valence-electron chi connectivity index (χ2n) is 19.2. The Morgan fingerprint density at radius 2 is 0.580 bits per heavy atom. The van der Waals surface area contributed by atoms with Crippen LogP contribution in [0.3, 0.4) is 0 Å². The average molecular weight is 962 g/mol. The molecule has 0 radical (unpaired) electrons. The summed E-state index contributed by atoms with van der Waals surface area (Å²) in [6, 6.07) is 0. The Hall–Kier alpha value is -3.41. The second kappa shape index (κ2) is 57.2. The average Bonchev–Trinajstić information content (AvgIpc) is 3.35. The first-order valence-electron chi connectivity index (χ1n) is 29.1. The zero-order chi connectivity index (χ0) is 50.0. The first kappa shape index (κ1) is 65.6.